The molecule has 1 rings (SSSR count). The Morgan fingerprint density at radius 3 is 1.66 bits per heavy atom. The molecule has 0 N–H and O–H groups in total. The Morgan fingerprint density at radius 2 is 1.28 bits per heavy atom. The number of carbonyl (C=O) groups is 1. The van der Waals surface area contributed by atoms with E-state index in [0.29, 0.717) is 12.5 Å². The highest BCUT2D eigenvalue weighted by Crippen LogP contribution is 2.31. The number of nitrogens with zero attached hydrogens (tertiary/aromatic N) is 2. The van der Waals surface area contributed by atoms with E-state index in [2.05, 4.69) is 65.2 Å². The van der Waals surface area contributed by atoms with Crippen LogP contribution in [0, 0.1) is 5.41 Å². The van der Waals surface area contributed by atoms with Crippen LogP contribution in [-0.4, -0.2) is 60.6 Å². The zero-order valence-corrected chi connectivity index (χ0v) is 24.4. The largest absolute Gasteiger partial charge is 0.375 e. The van der Waals surface area contributed by atoms with Gasteiger partial charge in [0.1, 0.15) is 0 Å². The van der Waals surface area contributed by atoms with Crippen LogP contribution in [0.3, 0.4) is 0 Å². The molecule has 4 heteroatoms. The molecule has 1 amide bonds. The van der Waals surface area contributed by atoms with Crippen molar-refractivity contribution in [3.63, 3.8) is 0 Å². The molecular formula is C28H62N2O2. The summed E-state index contributed by atoms with van der Waals surface area (Å²) in [6.07, 6.45) is 7.37. The minimum atomic E-state index is -0.298. The van der Waals surface area contributed by atoms with Crippen molar-refractivity contribution >= 4 is 5.91 Å². The van der Waals surface area contributed by atoms with Gasteiger partial charge in [-0.3, -0.25) is 9.69 Å². The van der Waals surface area contributed by atoms with Crippen LogP contribution < -0.4 is 0 Å². The van der Waals surface area contributed by atoms with Crippen LogP contribution in [-0.2, 0) is 9.53 Å². The summed E-state index contributed by atoms with van der Waals surface area (Å²) < 4.78 is 6.22. The number of hydrogen-bond acceptors (Lipinski definition) is 3. The molecule has 0 aromatic rings. The Hall–Kier alpha value is -0.610. The third kappa shape index (κ3) is 14.5. The molecule has 4 nitrogen and oxygen atoms in total. The quantitative estimate of drug-likeness (QED) is 0.316. The smallest absolute Gasteiger partial charge is 0.228 e. The van der Waals surface area contributed by atoms with Gasteiger partial charge in [0.15, 0.2) is 0 Å². The monoisotopic (exact) mass is 458 g/mol. The molecule has 0 spiro atoms. The number of piperazine rings is 1. The summed E-state index contributed by atoms with van der Waals surface area (Å²) in [5, 5.41) is 0. The van der Waals surface area contributed by atoms with Gasteiger partial charge in [-0.1, -0.05) is 89.0 Å². The standard InChI is InChI=1S/C21H42N2O2.C3H8.2C2H6/c1-7-11-21(6,10-4)25-18-12-20(5,9-3)19(24)23-16-14-22(13-8-2)15-17-23;1-3-2;2*1-2/h7-18H2,1-6H3;3H2,1-2H3;2*1-2H3. The number of amides is 1. The number of rotatable bonds is 11. The van der Waals surface area contributed by atoms with Crippen molar-refractivity contribution in [2.45, 2.75) is 134 Å². The first-order valence-electron chi connectivity index (χ1n) is 13.9. The van der Waals surface area contributed by atoms with E-state index in [1.165, 1.54) is 12.8 Å². The minimum absolute atomic E-state index is 0.0434. The van der Waals surface area contributed by atoms with Gasteiger partial charge in [-0.15, -0.1) is 0 Å². The predicted octanol–water partition coefficient (Wildman–Crippen LogP) is 7.80. The van der Waals surface area contributed by atoms with Crippen LogP contribution in [0.4, 0.5) is 0 Å². The fourth-order valence-corrected chi connectivity index (χ4v) is 3.71. The van der Waals surface area contributed by atoms with E-state index < -0.39 is 0 Å². The van der Waals surface area contributed by atoms with Crippen molar-refractivity contribution in [2.75, 3.05) is 39.3 Å². The molecule has 196 valence electrons. The van der Waals surface area contributed by atoms with Gasteiger partial charge in [-0.25, -0.2) is 0 Å². The molecular weight excluding hydrogens is 396 g/mol. The molecule has 0 aromatic carbocycles. The van der Waals surface area contributed by atoms with Gasteiger partial charge in [0.05, 0.1) is 5.60 Å². The zero-order chi connectivity index (χ0) is 25.6. The molecule has 0 bridgehead atoms. The third-order valence-corrected chi connectivity index (χ3v) is 6.13. The average molecular weight is 459 g/mol. The Balaban J connectivity index is -0.00000108. The third-order valence-electron chi connectivity index (χ3n) is 6.13. The number of ether oxygens (including phenoxy) is 1. The number of carbonyl (C=O) groups excluding carboxylic acids is 1. The van der Waals surface area contributed by atoms with Crippen LogP contribution >= 0.6 is 0 Å². The first-order chi connectivity index (χ1) is 15.3. The normalized spacial score (nSPS) is 17.3. The second-order valence-electron chi connectivity index (χ2n) is 8.91. The fourth-order valence-electron chi connectivity index (χ4n) is 3.71. The molecule has 2 atom stereocenters. The molecule has 1 heterocycles. The highest BCUT2D eigenvalue weighted by molar-refractivity contribution is 5.82. The maximum atomic E-state index is 13.1. The molecule has 0 radical (unpaired) electrons. The van der Waals surface area contributed by atoms with E-state index in [0.717, 1.165) is 64.8 Å². The van der Waals surface area contributed by atoms with Crippen molar-refractivity contribution in [1.82, 2.24) is 9.80 Å². The second-order valence-corrected chi connectivity index (χ2v) is 8.91. The highest BCUT2D eigenvalue weighted by Gasteiger charge is 2.36. The summed E-state index contributed by atoms with van der Waals surface area (Å²) in [7, 11) is 0. The fraction of sp³-hybridized carbons (Fsp3) is 0.964. The van der Waals surface area contributed by atoms with Gasteiger partial charge in [-0.2, -0.15) is 0 Å². The van der Waals surface area contributed by atoms with Crippen molar-refractivity contribution in [3.05, 3.63) is 0 Å². The first kappa shape index (κ1) is 36.0. The molecule has 0 aliphatic carbocycles. The molecule has 1 aliphatic rings. The van der Waals surface area contributed by atoms with Gasteiger partial charge in [0.2, 0.25) is 5.91 Å². The molecule has 2 unspecified atom stereocenters. The molecule has 1 fully saturated rings. The van der Waals surface area contributed by atoms with Crippen LogP contribution in [0.25, 0.3) is 0 Å². The van der Waals surface area contributed by atoms with Crippen LogP contribution in [0.1, 0.15) is 128 Å². The van der Waals surface area contributed by atoms with Crippen LogP contribution in [0.5, 0.6) is 0 Å². The molecule has 1 saturated heterocycles. The summed E-state index contributed by atoms with van der Waals surface area (Å²) in [6.45, 7) is 30.9. The van der Waals surface area contributed by atoms with E-state index in [1.54, 1.807) is 0 Å². The lowest BCUT2D eigenvalue weighted by molar-refractivity contribution is -0.145. The first-order valence-corrected chi connectivity index (χ1v) is 13.9. The molecule has 32 heavy (non-hydrogen) atoms. The van der Waals surface area contributed by atoms with Gasteiger partial charge < -0.3 is 9.64 Å². The van der Waals surface area contributed by atoms with Crippen molar-refractivity contribution < 1.29 is 9.53 Å². The zero-order valence-electron chi connectivity index (χ0n) is 24.4. The lowest BCUT2D eigenvalue weighted by Gasteiger charge is -2.40. The van der Waals surface area contributed by atoms with Crippen molar-refractivity contribution in [2.24, 2.45) is 5.41 Å². The maximum Gasteiger partial charge on any atom is 0.228 e. The molecule has 1 aliphatic heterocycles. The van der Waals surface area contributed by atoms with E-state index in [-0.39, 0.29) is 11.0 Å². The Labute approximate surface area is 203 Å². The molecule has 0 saturated carbocycles. The maximum absolute atomic E-state index is 13.1. The van der Waals surface area contributed by atoms with Gasteiger partial charge in [0.25, 0.3) is 0 Å². The Bertz CT molecular complexity index is 408. The van der Waals surface area contributed by atoms with Crippen molar-refractivity contribution in [3.8, 4) is 0 Å². The Kier molecular flexibility index (Phi) is 24.9. The van der Waals surface area contributed by atoms with Crippen LogP contribution in [0.2, 0.25) is 0 Å². The second kappa shape index (κ2) is 22.2. The summed E-state index contributed by atoms with van der Waals surface area (Å²) in [6, 6.07) is 0. The van der Waals surface area contributed by atoms with Crippen molar-refractivity contribution in [1.29, 1.82) is 0 Å². The predicted molar refractivity (Wildman–Crippen MR) is 145 cm³/mol. The summed E-state index contributed by atoms with van der Waals surface area (Å²) in [5.74, 6) is 0.323. The van der Waals surface area contributed by atoms with Crippen LogP contribution in [0.15, 0.2) is 0 Å². The lowest BCUT2D eigenvalue weighted by atomic mass is 9.82. The van der Waals surface area contributed by atoms with Gasteiger partial charge in [0, 0.05) is 38.2 Å². The Morgan fingerprint density at radius 1 is 0.781 bits per heavy atom. The summed E-state index contributed by atoms with van der Waals surface area (Å²) in [4.78, 5) is 17.7. The average Bonchev–Trinajstić information content (AvgIpc) is 2.82. The van der Waals surface area contributed by atoms with E-state index >= 15 is 0 Å². The van der Waals surface area contributed by atoms with E-state index in [1.807, 2.05) is 27.7 Å². The van der Waals surface area contributed by atoms with E-state index in [4.69, 9.17) is 4.74 Å². The minimum Gasteiger partial charge on any atom is -0.375 e. The van der Waals surface area contributed by atoms with Gasteiger partial charge >= 0.3 is 0 Å². The summed E-state index contributed by atoms with van der Waals surface area (Å²) in [5.41, 5.74) is -0.341. The SMILES string of the molecule is CC.CC.CCC.CCCN1CCN(C(=O)C(C)(CC)CCOC(C)(CC)CCC)CC1. The number of hydrogen-bond donors (Lipinski definition) is 0. The van der Waals surface area contributed by atoms with Gasteiger partial charge in [-0.05, 0) is 45.6 Å². The summed E-state index contributed by atoms with van der Waals surface area (Å²) >= 11 is 0. The highest BCUT2D eigenvalue weighted by atomic mass is 16.5. The lowest BCUT2D eigenvalue weighted by Crippen LogP contribution is -2.52. The molecule has 0 aromatic heterocycles. The van der Waals surface area contributed by atoms with E-state index in [9.17, 15) is 4.79 Å². The topological polar surface area (TPSA) is 32.8 Å².